The van der Waals surface area contributed by atoms with Crippen molar-refractivity contribution in [2.45, 2.75) is 31.9 Å². The molecule has 1 aromatic carbocycles. The summed E-state index contributed by atoms with van der Waals surface area (Å²) in [6, 6.07) is 9.73. The summed E-state index contributed by atoms with van der Waals surface area (Å²) in [7, 11) is 0. The molecule has 0 heterocycles. The second kappa shape index (κ2) is 7.39. The summed E-state index contributed by atoms with van der Waals surface area (Å²) in [4.78, 5) is 0. The Morgan fingerprint density at radius 1 is 1.40 bits per heavy atom. The van der Waals surface area contributed by atoms with Gasteiger partial charge in [0.15, 0.2) is 0 Å². The SMILES string of the molecule is CC(NCC(O)COCC1CC1)c1ccc(C#N)cc1. The predicted octanol–water partition coefficient (Wildman–Crippen LogP) is 2.00. The number of hydrogen-bond acceptors (Lipinski definition) is 4. The zero-order valence-electron chi connectivity index (χ0n) is 11.9. The Morgan fingerprint density at radius 3 is 2.70 bits per heavy atom. The first-order valence-corrected chi connectivity index (χ1v) is 7.18. The van der Waals surface area contributed by atoms with Crippen LogP contribution in [0.3, 0.4) is 0 Å². The van der Waals surface area contributed by atoms with Crippen molar-refractivity contribution in [2.75, 3.05) is 19.8 Å². The Labute approximate surface area is 120 Å². The highest BCUT2D eigenvalue weighted by molar-refractivity contribution is 5.32. The molecule has 0 amide bonds. The van der Waals surface area contributed by atoms with Crippen LogP contribution < -0.4 is 5.32 Å². The molecule has 2 atom stereocenters. The summed E-state index contributed by atoms with van der Waals surface area (Å²) in [5.74, 6) is 0.729. The molecule has 4 nitrogen and oxygen atoms in total. The van der Waals surface area contributed by atoms with Crippen molar-refractivity contribution in [2.24, 2.45) is 5.92 Å². The summed E-state index contributed by atoms with van der Waals surface area (Å²) in [5, 5.41) is 21.9. The summed E-state index contributed by atoms with van der Waals surface area (Å²) < 4.78 is 5.46. The van der Waals surface area contributed by atoms with Crippen molar-refractivity contribution in [3.8, 4) is 6.07 Å². The normalized spacial score (nSPS) is 17.4. The van der Waals surface area contributed by atoms with E-state index < -0.39 is 6.10 Å². The smallest absolute Gasteiger partial charge is 0.0991 e. The van der Waals surface area contributed by atoms with Gasteiger partial charge in [0.25, 0.3) is 0 Å². The predicted molar refractivity (Wildman–Crippen MR) is 77.1 cm³/mol. The van der Waals surface area contributed by atoms with Gasteiger partial charge in [-0.15, -0.1) is 0 Å². The molecular formula is C16H22N2O2. The second-order valence-corrected chi connectivity index (χ2v) is 5.50. The minimum atomic E-state index is -0.477. The monoisotopic (exact) mass is 274 g/mol. The molecule has 0 aliphatic heterocycles. The van der Waals surface area contributed by atoms with Crippen LogP contribution in [0, 0.1) is 17.2 Å². The molecule has 1 aliphatic rings. The second-order valence-electron chi connectivity index (χ2n) is 5.50. The van der Waals surface area contributed by atoms with E-state index in [1.807, 2.05) is 31.2 Å². The van der Waals surface area contributed by atoms with Crippen LogP contribution in [0.5, 0.6) is 0 Å². The average Bonchev–Trinajstić information content (AvgIpc) is 3.29. The molecular weight excluding hydrogens is 252 g/mol. The maximum atomic E-state index is 9.83. The Hall–Kier alpha value is -1.41. The van der Waals surface area contributed by atoms with Crippen LogP contribution in [0.2, 0.25) is 0 Å². The van der Waals surface area contributed by atoms with E-state index in [1.54, 1.807) is 0 Å². The number of nitrogens with zero attached hydrogens (tertiary/aromatic N) is 1. The van der Waals surface area contributed by atoms with Crippen LogP contribution in [-0.2, 0) is 4.74 Å². The zero-order valence-corrected chi connectivity index (χ0v) is 11.9. The van der Waals surface area contributed by atoms with Gasteiger partial charge in [-0.1, -0.05) is 12.1 Å². The number of benzene rings is 1. The molecule has 0 saturated heterocycles. The molecule has 1 aromatic rings. The first kappa shape index (κ1) is 15.0. The van der Waals surface area contributed by atoms with E-state index in [-0.39, 0.29) is 6.04 Å². The van der Waals surface area contributed by atoms with Gasteiger partial charge in [-0.05, 0) is 43.4 Å². The molecule has 2 unspecified atom stereocenters. The van der Waals surface area contributed by atoms with Crippen molar-refractivity contribution in [3.05, 3.63) is 35.4 Å². The van der Waals surface area contributed by atoms with Crippen molar-refractivity contribution >= 4 is 0 Å². The van der Waals surface area contributed by atoms with Gasteiger partial charge in [-0.25, -0.2) is 0 Å². The summed E-state index contributed by atoms with van der Waals surface area (Å²) in [6.07, 6.45) is 2.06. The Balaban J connectivity index is 1.67. The van der Waals surface area contributed by atoms with Crippen molar-refractivity contribution < 1.29 is 9.84 Å². The van der Waals surface area contributed by atoms with Crippen LogP contribution in [0.15, 0.2) is 24.3 Å². The maximum Gasteiger partial charge on any atom is 0.0991 e. The van der Waals surface area contributed by atoms with Crippen LogP contribution in [-0.4, -0.2) is 31.0 Å². The molecule has 0 aromatic heterocycles. The first-order valence-electron chi connectivity index (χ1n) is 7.18. The molecule has 2 rings (SSSR count). The van der Waals surface area contributed by atoms with Gasteiger partial charge in [0, 0.05) is 19.2 Å². The first-order chi connectivity index (χ1) is 9.69. The fourth-order valence-corrected chi connectivity index (χ4v) is 1.99. The minimum absolute atomic E-state index is 0.140. The number of rotatable bonds is 8. The lowest BCUT2D eigenvalue weighted by Gasteiger charge is -2.17. The fraction of sp³-hybridized carbons (Fsp3) is 0.562. The molecule has 0 bridgehead atoms. The lowest BCUT2D eigenvalue weighted by Crippen LogP contribution is -2.32. The maximum absolute atomic E-state index is 9.83. The number of nitriles is 1. The molecule has 20 heavy (non-hydrogen) atoms. The van der Waals surface area contributed by atoms with Gasteiger partial charge in [0.1, 0.15) is 0 Å². The zero-order chi connectivity index (χ0) is 14.4. The van der Waals surface area contributed by atoms with E-state index in [9.17, 15) is 5.11 Å². The molecule has 1 saturated carbocycles. The Morgan fingerprint density at radius 2 is 2.10 bits per heavy atom. The quantitative estimate of drug-likeness (QED) is 0.761. The molecule has 108 valence electrons. The highest BCUT2D eigenvalue weighted by Crippen LogP contribution is 2.28. The van der Waals surface area contributed by atoms with E-state index in [0.29, 0.717) is 18.7 Å². The standard InChI is InChI=1S/C16H22N2O2/c1-12(15-6-4-13(8-17)5-7-15)18-9-16(19)11-20-10-14-2-3-14/h4-7,12,14,16,18-19H,2-3,9-11H2,1H3. The number of nitrogens with one attached hydrogen (secondary N) is 1. The molecule has 1 aliphatic carbocycles. The molecule has 0 radical (unpaired) electrons. The van der Waals surface area contributed by atoms with E-state index in [2.05, 4.69) is 11.4 Å². The molecule has 0 spiro atoms. The van der Waals surface area contributed by atoms with Crippen molar-refractivity contribution in [3.63, 3.8) is 0 Å². The third-order valence-electron chi connectivity index (χ3n) is 3.56. The van der Waals surface area contributed by atoms with E-state index in [4.69, 9.17) is 10.00 Å². The van der Waals surface area contributed by atoms with Gasteiger partial charge in [-0.2, -0.15) is 5.26 Å². The number of aliphatic hydroxyl groups excluding tert-OH is 1. The average molecular weight is 274 g/mol. The van der Waals surface area contributed by atoms with Crippen molar-refractivity contribution in [1.29, 1.82) is 5.26 Å². The van der Waals surface area contributed by atoms with Gasteiger partial charge < -0.3 is 15.2 Å². The van der Waals surface area contributed by atoms with Gasteiger partial charge in [0.05, 0.1) is 24.3 Å². The van der Waals surface area contributed by atoms with E-state index >= 15 is 0 Å². The number of hydrogen-bond donors (Lipinski definition) is 2. The largest absolute Gasteiger partial charge is 0.389 e. The highest BCUT2D eigenvalue weighted by Gasteiger charge is 2.21. The van der Waals surface area contributed by atoms with E-state index in [1.165, 1.54) is 12.8 Å². The Bertz CT molecular complexity index is 449. The van der Waals surface area contributed by atoms with Crippen LogP contribution in [0.1, 0.15) is 36.9 Å². The summed E-state index contributed by atoms with van der Waals surface area (Å²) >= 11 is 0. The van der Waals surface area contributed by atoms with Crippen molar-refractivity contribution in [1.82, 2.24) is 5.32 Å². The van der Waals surface area contributed by atoms with Gasteiger partial charge >= 0.3 is 0 Å². The van der Waals surface area contributed by atoms with E-state index in [0.717, 1.165) is 18.1 Å². The lowest BCUT2D eigenvalue weighted by atomic mass is 10.1. The Kier molecular flexibility index (Phi) is 5.54. The summed E-state index contributed by atoms with van der Waals surface area (Å²) in [6.45, 7) is 3.72. The van der Waals surface area contributed by atoms with Crippen LogP contribution >= 0.6 is 0 Å². The van der Waals surface area contributed by atoms with Gasteiger partial charge in [0.2, 0.25) is 0 Å². The fourth-order valence-electron chi connectivity index (χ4n) is 1.99. The third kappa shape index (κ3) is 4.93. The highest BCUT2D eigenvalue weighted by atomic mass is 16.5. The molecule has 1 fully saturated rings. The number of aliphatic hydroxyl groups is 1. The van der Waals surface area contributed by atoms with Crippen LogP contribution in [0.25, 0.3) is 0 Å². The van der Waals surface area contributed by atoms with Crippen LogP contribution in [0.4, 0.5) is 0 Å². The topological polar surface area (TPSA) is 65.3 Å². The van der Waals surface area contributed by atoms with Gasteiger partial charge in [-0.3, -0.25) is 0 Å². The third-order valence-corrected chi connectivity index (χ3v) is 3.56. The summed E-state index contributed by atoms with van der Waals surface area (Å²) in [5.41, 5.74) is 1.77. The molecule has 2 N–H and O–H groups in total. The number of ether oxygens (including phenoxy) is 1. The molecule has 4 heteroatoms. The minimum Gasteiger partial charge on any atom is -0.389 e. The lowest BCUT2D eigenvalue weighted by molar-refractivity contribution is 0.0315.